The maximum Gasteiger partial charge on any atom is 0.311 e. The van der Waals surface area contributed by atoms with E-state index in [0.29, 0.717) is 12.1 Å². The van der Waals surface area contributed by atoms with Crippen molar-refractivity contribution in [3.8, 4) is 0 Å². The van der Waals surface area contributed by atoms with Gasteiger partial charge in [0.1, 0.15) is 5.82 Å². The number of likely N-dealkylation sites (tertiary alicyclic amines) is 1. The van der Waals surface area contributed by atoms with Crippen LogP contribution < -0.4 is 0 Å². The van der Waals surface area contributed by atoms with Gasteiger partial charge in [-0.05, 0) is 29.8 Å². The quantitative estimate of drug-likeness (QED) is 0.811. The molecule has 5 nitrogen and oxygen atoms in total. The summed E-state index contributed by atoms with van der Waals surface area (Å²) in [6, 6.07) is 9.29. The fourth-order valence-electron chi connectivity index (χ4n) is 3.08. The number of esters is 1. The second kappa shape index (κ2) is 6.78. The molecule has 1 aromatic heterocycles. The molecule has 1 aromatic carbocycles. The normalized spacial score (nSPS) is 20.0. The Kier molecular flexibility index (Phi) is 4.55. The molecule has 0 unspecified atom stereocenters. The van der Waals surface area contributed by atoms with E-state index < -0.39 is 5.92 Å². The summed E-state index contributed by atoms with van der Waals surface area (Å²) in [4.78, 5) is 30.3. The summed E-state index contributed by atoms with van der Waals surface area (Å²) in [5.41, 5.74) is 1.34. The average molecular weight is 328 g/mol. The van der Waals surface area contributed by atoms with Gasteiger partial charge in [0.25, 0.3) is 5.91 Å². The number of pyridine rings is 1. The zero-order valence-corrected chi connectivity index (χ0v) is 13.2. The molecule has 6 heteroatoms. The molecule has 1 aliphatic heterocycles. The van der Waals surface area contributed by atoms with E-state index in [1.165, 1.54) is 19.2 Å². The molecular weight excluding hydrogens is 311 g/mol. The zero-order valence-electron chi connectivity index (χ0n) is 13.2. The van der Waals surface area contributed by atoms with Gasteiger partial charge in [0, 0.05) is 37.0 Å². The Morgan fingerprint density at radius 1 is 1.12 bits per heavy atom. The summed E-state index contributed by atoms with van der Waals surface area (Å²) >= 11 is 0. The number of amides is 1. The predicted molar refractivity (Wildman–Crippen MR) is 84.8 cm³/mol. The SMILES string of the molecule is COC(=O)[C@H]1CN(C(=O)c2ccncc2)C[C@@H]1c1ccc(F)cc1. The molecule has 1 amide bonds. The number of benzene rings is 1. The van der Waals surface area contributed by atoms with Crippen molar-refractivity contribution in [2.75, 3.05) is 20.2 Å². The fourth-order valence-corrected chi connectivity index (χ4v) is 3.08. The third-order valence-electron chi connectivity index (χ3n) is 4.34. The molecule has 0 radical (unpaired) electrons. The number of hydrogen-bond acceptors (Lipinski definition) is 4. The van der Waals surface area contributed by atoms with Crippen LogP contribution in [0.15, 0.2) is 48.8 Å². The second-order valence-corrected chi connectivity index (χ2v) is 5.73. The number of nitrogens with zero attached hydrogens (tertiary/aromatic N) is 2. The maximum atomic E-state index is 13.2. The van der Waals surface area contributed by atoms with Crippen molar-refractivity contribution in [3.05, 3.63) is 65.7 Å². The van der Waals surface area contributed by atoms with Gasteiger partial charge in [0.2, 0.25) is 0 Å². The Morgan fingerprint density at radius 3 is 2.42 bits per heavy atom. The first-order valence-corrected chi connectivity index (χ1v) is 7.62. The summed E-state index contributed by atoms with van der Waals surface area (Å²) in [5.74, 6) is -1.54. The Labute approximate surface area is 139 Å². The fraction of sp³-hybridized carbons (Fsp3) is 0.278. The van der Waals surface area contributed by atoms with Crippen LogP contribution in [0.4, 0.5) is 4.39 Å². The number of hydrogen-bond donors (Lipinski definition) is 0. The lowest BCUT2D eigenvalue weighted by molar-refractivity contribution is -0.145. The van der Waals surface area contributed by atoms with Gasteiger partial charge < -0.3 is 9.64 Å². The number of carbonyl (C=O) groups excluding carboxylic acids is 2. The van der Waals surface area contributed by atoms with Crippen molar-refractivity contribution < 1.29 is 18.7 Å². The van der Waals surface area contributed by atoms with Crippen LogP contribution in [-0.4, -0.2) is 42.0 Å². The van der Waals surface area contributed by atoms with Crippen molar-refractivity contribution >= 4 is 11.9 Å². The highest BCUT2D eigenvalue weighted by Gasteiger charge is 2.41. The standard InChI is InChI=1S/C18H17FN2O3/c1-24-18(23)16-11-21(17(22)13-6-8-20-9-7-13)10-15(16)12-2-4-14(19)5-3-12/h2-9,15-16H,10-11H2,1H3/t15-,16+/m1/s1. The second-order valence-electron chi connectivity index (χ2n) is 5.73. The van der Waals surface area contributed by atoms with Gasteiger partial charge >= 0.3 is 5.97 Å². The first kappa shape index (κ1) is 16.1. The lowest BCUT2D eigenvalue weighted by Crippen LogP contribution is -2.30. The molecule has 3 rings (SSSR count). The van der Waals surface area contributed by atoms with E-state index in [1.54, 1.807) is 41.6 Å². The molecule has 1 fully saturated rings. The highest BCUT2D eigenvalue weighted by Crippen LogP contribution is 2.34. The molecule has 2 aromatic rings. The summed E-state index contributed by atoms with van der Waals surface area (Å²) in [6.45, 7) is 0.655. The van der Waals surface area contributed by atoms with Crippen molar-refractivity contribution in [1.82, 2.24) is 9.88 Å². The smallest absolute Gasteiger partial charge is 0.311 e. The third-order valence-corrected chi connectivity index (χ3v) is 4.34. The molecule has 0 N–H and O–H groups in total. The topological polar surface area (TPSA) is 59.5 Å². The number of carbonyl (C=O) groups is 2. The summed E-state index contributed by atoms with van der Waals surface area (Å²) in [7, 11) is 1.33. The Balaban J connectivity index is 1.86. The van der Waals surface area contributed by atoms with E-state index in [1.807, 2.05) is 0 Å². The molecular formula is C18H17FN2O3. The number of halogens is 1. The molecule has 1 aliphatic rings. The number of aromatic nitrogens is 1. The summed E-state index contributed by atoms with van der Waals surface area (Å²) in [5, 5.41) is 0. The molecule has 0 aliphatic carbocycles. The van der Waals surface area contributed by atoms with Crippen molar-refractivity contribution in [3.63, 3.8) is 0 Å². The monoisotopic (exact) mass is 328 g/mol. The van der Waals surface area contributed by atoms with Gasteiger partial charge in [-0.15, -0.1) is 0 Å². The van der Waals surface area contributed by atoms with E-state index in [-0.39, 0.29) is 30.2 Å². The molecule has 0 saturated carbocycles. The van der Waals surface area contributed by atoms with Crippen LogP contribution >= 0.6 is 0 Å². The van der Waals surface area contributed by atoms with Gasteiger partial charge in [-0.2, -0.15) is 0 Å². The van der Waals surface area contributed by atoms with Crippen LogP contribution in [0, 0.1) is 11.7 Å². The van der Waals surface area contributed by atoms with Gasteiger partial charge in [-0.3, -0.25) is 14.6 Å². The summed E-state index contributed by atoms with van der Waals surface area (Å²) < 4.78 is 18.0. The minimum atomic E-state index is -0.466. The van der Waals surface area contributed by atoms with Gasteiger partial charge in [0.15, 0.2) is 0 Å². The van der Waals surface area contributed by atoms with E-state index >= 15 is 0 Å². The van der Waals surface area contributed by atoms with Crippen molar-refractivity contribution in [2.24, 2.45) is 5.92 Å². The minimum Gasteiger partial charge on any atom is -0.469 e. The third kappa shape index (κ3) is 3.13. The minimum absolute atomic E-state index is 0.157. The van der Waals surface area contributed by atoms with Crippen LogP contribution in [0.1, 0.15) is 21.8 Å². The number of ether oxygens (including phenoxy) is 1. The van der Waals surface area contributed by atoms with Gasteiger partial charge in [-0.1, -0.05) is 12.1 Å². The maximum absolute atomic E-state index is 13.2. The lowest BCUT2D eigenvalue weighted by atomic mass is 9.89. The molecule has 24 heavy (non-hydrogen) atoms. The Morgan fingerprint density at radius 2 is 1.79 bits per heavy atom. The highest BCUT2D eigenvalue weighted by atomic mass is 19.1. The first-order chi connectivity index (χ1) is 11.6. The Hall–Kier alpha value is -2.76. The van der Waals surface area contributed by atoms with Crippen LogP contribution in [0.5, 0.6) is 0 Å². The van der Waals surface area contributed by atoms with Crippen molar-refractivity contribution in [1.29, 1.82) is 0 Å². The molecule has 2 atom stereocenters. The molecule has 0 spiro atoms. The number of rotatable bonds is 3. The molecule has 0 bridgehead atoms. The lowest BCUT2D eigenvalue weighted by Gasteiger charge is -2.16. The van der Waals surface area contributed by atoms with Gasteiger partial charge in [-0.25, -0.2) is 4.39 Å². The van der Waals surface area contributed by atoms with Crippen molar-refractivity contribution in [2.45, 2.75) is 5.92 Å². The summed E-state index contributed by atoms with van der Waals surface area (Å²) in [6.07, 6.45) is 3.11. The van der Waals surface area contributed by atoms with Crippen LogP contribution in [-0.2, 0) is 9.53 Å². The highest BCUT2D eigenvalue weighted by molar-refractivity contribution is 5.94. The number of methoxy groups -OCH3 is 1. The average Bonchev–Trinajstić information content (AvgIpc) is 3.07. The van der Waals surface area contributed by atoms with E-state index in [2.05, 4.69) is 4.98 Å². The van der Waals surface area contributed by atoms with Crippen LogP contribution in [0.2, 0.25) is 0 Å². The van der Waals surface area contributed by atoms with E-state index in [0.717, 1.165) is 5.56 Å². The van der Waals surface area contributed by atoms with Crippen LogP contribution in [0.3, 0.4) is 0 Å². The first-order valence-electron chi connectivity index (χ1n) is 7.62. The van der Waals surface area contributed by atoms with Gasteiger partial charge in [0.05, 0.1) is 13.0 Å². The predicted octanol–water partition coefficient (Wildman–Crippen LogP) is 2.25. The zero-order chi connectivity index (χ0) is 17.1. The molecule has 2 heterocycles. The van der Waals surface area contributed by atoms with E-state index in [9.17, 15) is 14.0 Å². The largest absolute Gasteiger partial charge is 0.469 e. The van der Waals surface area contributed by atoms with Crippen LogP contribution in [0.25, 0.3) is 0 Å². The molecule has 124 valence electrons. The molecule has 1 saturated heterocycles. The van der Waals surface area contributed by atoms with E-state index in [4.69, 9.17) is 4.74 Å². The Bertz CT molecular complexity index is 734.